The molecule has 0 aromatic heterocycles. The predicted molar refractivity (Wildman–Crippen MR) is 80.2 cm³/mol. The normalized spacial score (nSPS) is 10.1. The summed E-state index contributed by atoms with van der Waals surface area (Å²) >= 11 is 5.79. The largest absolute Gasteiger partial charge is 0.378 e. The van der Waals surface area contributed by atoms with Gasteiger partial charge in [0.25, 0.3) is 5.91 Å². The Morgan fingerprint density at radius 2 is 1.58 bits per heavy atom. The molecule has 1 amide bonds. The maximum absolute atomic E-state index is 12.0. The van der Waals surface area contributed by atoms with E-state index >= 15 is 0 Å². The first kappa shape index (κ1) is 13.4. The van der Waals surface area contributed by atoms with Crippen molar-refractivity contribution in [2.24, 2.45) is 0 Å². The number of halogens is 1. The summed E-state index contributed by atoms with van der Waals surface area (Å²) in [5.74, 6) is -0.132. The van der Waals surface area contributed by atoms with Crippen molar-refractivity contribution >= 4 is 28.9 Å². The fourth-order valence-corrected chi connectivity index (χ4v) is 1.77. The van der Waals surface area contributed by atoms with Gasteiger partial charge in [0.15, 0.2) is 0 Å². The van der Waals surface area contributed by atoms with Crippen LogP contribution in [0.1, 0.15) is 10.4 Å². The zero-order chi connectivity index (χ0) is 13.8. The average Bonchev–Trinajstić information content (AvgIpc) is 2.41. The molecule has 0 saturated heterocycles. The molecule has 19 heavy (non-hydrogen) atoms. The van der Waals surface area contributed by atoms with Crippen molar-refractivity contribution in [2.75, 3.05) is 24.3 Å². The molecule has 0 fully saturated rings. The number of anilines is 2. The second-order valence-corrected chi connectivity index (χ2v) is 4.84. The molecule has 0 saturated carbocycles. The lowest BCUT2D eigenvalue weighted by Gasteiger charge is -2.12. The van der Waals surface area contributed by atoms with E-state index in [-0.39, 0.29) is 5.91 Å². The summed E-state index contributed by atoms with van der Waals surface area (Å²) < 4.78 is 0. The molecule has 0 bridgehead atoms. The van der Waals surface area contributed by atoms with Gasteiger partial charge in [0, 0.05) is 36.1 Å². The Hall–Kier alpha value is -2.00. The fourth-order valence-electron chi connectivity index (χ4n) is 1.65. The third kappa shape index (κ3) is 3.48. The fraction of sp³-hybridized carbons (Fsp3) is 0.133. The highest BCUT2D eigenvalue weighted by Gasteiger charge is 2.06. The van der Waals surface area contributed by atoms with E-state index in [1.165, 1.54) is 0 Å². The Morgan fingerprint density at radius 1 is 1.00 bits per heavy atom. The Kier molecular flexibility index (Phi) is 4.07. The molecule has 1 N–H and O–H groups in total. The molecule has 2 rings (SSSR count). The number of nitrogens with zero attached hydrogens (tertiary/aromatic N) is 1. The van der Waals surface area contributed by atoms with Crippen molar-refractivity contribution in [1.82, 2.24) is 0 Å². The van der Waals surface area contributed by atoms with Crippen molar-refractivity contribution in [3.8, 4) is 0 Å². The van der Waals surface area contributed by atoms with Crippen LogP contribution in [-0.4, -0.2) is 20.0 Å². The van der Waals surface area contributed by atoms with Gasteiger partial charge in [-0.2, -0.15) is 0 Å². The zero-order valence-corrected chi connectivity index (χ0v) is 11.6. The lowest BCUT2D eigenvalue weighted by molar-refractivity contribution is 0.102. The molecule has 98 valence electrons. The molecule has 4 heteroatoms. The third-order valence-electron chi connectivity index (χ3n) is 2.75. The van der Waals surface area contributed by atoms with E-state index in [2.05, 4.69) is 5.32 Å². The van der Waals surface area contributed by atoms with Gasteiger partial charge in [-0.25, -0.2) is 0 Å². The number of nitrogens with one attached hydrogen (secondary N) is 1. The molecule has 0 atom stereocenters. The SMILES string of the molecule is CN(C)c1ccc(C(=O)Nc2ccc(Cl)cc2)cc1. The van der Waals surface area contributed by atoms with Gasteiger partial charge in [-0.1, -0.05) is 11.6 Å². The smallest absolute Gasteiger partial charge is 0.255 e. The first-order chi connectivity index (χ1) is 9.06. The molecule has 2 aromatic rings. The van der Waals surface area contributed by atoms with Gasteiger partial charge in [0.05, 0.1) is 0 Å². The molecular formula is C15H15ClN2O. The quantitative estimate of drug-likeness (QED) is 0.926. The van der Waals surface area contributed by atoms with Gasteiger partial charge in [0.1, 0.15) is 0 Å². The second kappa shape index (κ2) is 5.76. The van der Waals surface area contributed by atoms with Crippen LogP contribution < -0.4 is 10.2 Å². The average molecular weight is 275 g/mol. The van der Waals surface area contributed by atoms with E-state index in [0.29, 0.717) is 10.6 Å². The molecule has 0 radical (unpaired) electrons. The van der Waals surface area contributed by atoms with Crippen molar-refractivity contribution in [1.29, 1.82) is 0 Å². The van der Waals surface area contributed by atoms with E-state index in [4.69, 9.17) is 11.6 Å². The summed E-state index contributed by atoms with van der Waals surface area (Å²) in [5.41, 5.74) is 2.41. The zero-order valence-electron chi connectivity index (χ0n) is 10.9. The predicted octanol–water partition coefficient (Wildman–Crippen LogP) is 3.66. The Bertz CT molecular complexity index is 562. The molecule has 0 aliphatic rings. The summed E-state index contributed by atoms with van der Waals surface area (Å²) in [6.07, 6.45) is 0. The number of amides is 1. The van der Waals surface area contributed by atoms with E-state index in [9.17, 15) is 4.79 Å². The first-order valence-electron chi connectivity index (χ1n) is 5.90. The highest BCUT2D eigenvalue weighted by Crippen LogP contribution is 2.16. The highest BCUT2D eigenvalue weighted by molar-refractivity contribution is 6.30. The maximum atomic E-state index is 12.0. The van der Waals surface area contributed by atoms with Gasteiger partial charge in [-0.15, -0.1) is 0 Å². The summed E-state index contributed by atoms with van der Waals surface area (Å²) in [5, 5.41) is 3.47. The lowest BCUT2D eigenvalue weighted by atomic mass is 10.2. The third-order valence-corrected chi connectivity index (χ3v) is 3.00. The van der Waals surface area contributed by atoms with E-state index in [0.717, 1.165) is 11.4 Å². The van der Waals surface area contributed by atoms with Crippen LogP contribution in [0.25, 0.3) is 0 Å². The summed E-state index contributed by atoms with van der Waals surface area (Å²) in [7, 11) is 3.92. The minimum atomic E-state index is -0.132. The van der Waals surface area contributed by atoms with Crippen LogP contribution in [0.4, 0.5) is 11.4 Å². The van der Waals surface area contributed by atoms with Crippen LogP contribution >= 0.6 is 11.6 Å². The molecule has 0 aliphatic heterocycles. The van der Waals surface area contributed by atoms with Crippen LogP contribution in [-0.2, 0) is 0 Å². The molecule has 3 nitrogen and oxygen atoms in total. The monoisotopic (exact) mass is 274 g/mol. The molecular weight excluding hydrogens is 260 g/mol. The Balaban J connectivity index is 2.09. The van der Waals surface area contributed by atoms with Gasteiger partial charge >= 0.3 is 0 Å². The van der Waals surface area contributed by atoms with Gasteiger partial charge < -0.3 is 10.2 Å². The highest BCUT2D eigenvalue weighted by atomic mass is 35.5. The van der Waals surface area contributed by atoms with Crippen LogP contribution in [0.5, 0.6) is 0 Å². The van der Waals surface area contributed by atoms with E-state index < -0.39 is 0 Å². The maximum Gasteiger partial charge on any atom is 0.255 e. The van der Waals surface area contributed by atoms with Crippen molar-refractivity contribution in [2.45, 2.75) is 0 Å². The van der Waals surface area contributed by atoms with Crippen LogP contribution in [0.3, 0.4) is 0 Å². The molecule has 0 spiro atoms. The minimum Gasteiger partial charge on any atom is -0.378 e. The van der Waals surface area contributed by atoms with Crippen molar-refractivity contribution < 1.29 is 4.79 Å². The molecule has 2 aromatic carbocycles. The number of hydrogen-bond acceptors (Lipinski definition) is 2. The standard InChI is InChI=1S/C15H15ClN2O/c1-18(2)14-9-3-11(4-10-14)15(19)17-13-7-5-12(16)6-8-13/h3-10H,1-2H3,(H,17,19). The van der Waals surface area contributed by atoms with E-state index in [1.54, 1.807) is 36.4 Å². The summed E-state index contributed by atoms with van der Waals surface area (Å²) in [6.45, 7) is 0. The van der Waals surface area contributed by atoms with Gasteiger partial charge in [0.2, 0.25) is 0 Å². The van der Waals surface area contributed by atoms with Gasteiger partial charge in [-0.05, 0) is 48.5 Å². The molecule has 0 unspecified atom stereocenters. The number of rotatable bonds is 3. The lowest BCUT2D eigenvalue weighted by Crippen LogP contribution is -2.13. The summed E-state index contributed by atoms with van der Waals surface area (Å²) in [4.78, 5) is 14.0. The molecule has 0 heterocycles. The van der Waals surface area contributed by atoms with E-state index in [1.807, 2.05) is 31.1 Å². The topological polar surface area (TPSA) is 32.3 Å². The molecule has 0 aliphatic carbocycles. The first-order valence-corrected chi connectivity index (χ1v) is 6.28. The van der Waals surface area contributed by atoms with Crippen LogP contribution in [0.15, 0.2) is 48.5 Å². The Labute approximate surface area is 117 Å². The van der Waals surface area contributed by atoms with Crippen molar-refractivity contribution in [3.63, 3.8) is 0 Å². The van der Waals surface area contributed by atoms with Gasteiger partial charge in [-0.3, -0.25) is 4.79 Å². The number of hydrogen-bond donors (Lipinski definition) is 1. The number of carbonyl (C=O) groups excluding carboxylic acids is 1. The second-order valence-electron chi connectivity index (χ2n) is 4.40. The van der Waals surface area contributed by atoms with Crippen LogP contribution in [0, 0.1) is 0 Å². The van der Waals surface area contributed by atoms with Crippen molar-refractivity contribution in [3.05, 3.63) is 59.1 Å². The van der Waals surface area contributed by atoms with Crippen LogP contribution in [0.2, 0.25) is 5.02 Å². The Morgan fingerprint density at radius 3 is 2.11 bits per heavy atom. The number of benzene rings is 2. The number of carbonyl (C=O) groups is 1. The summed E-state index contributed by atoms with van der Waals surface area (Å²) in [6, 6.07) is 14.5. The minimum absolute atomic E-state index is 0.132.